The quantitative estimate of drug-likeness (QED) is 0.788. The number of carbonyl (C=O) groups excluding carboxylic acids is 1. The van der Waals surface area contributed by atoms with E-state index in [1.165, 1.54) is 7.11 Å². The monoisotopic (exact) mass is 262 g/mol. The molecule has 1 amide bonds. The Morgan fingerprint density at radius 3 is 2.67 bits per heavy atom. The van der Waals surface area contributed by atoms with Crippen LogP contribution in [0.5, 0.6) is 0 Å². The van der Waals surface area contributed by atoms with Crippen LogP contribution in [0.4, 0.5) is 18.9 Å². The predicted molar refractivity (Wildman–Crippen MR) is 59.4 cm³/mol. The van der Waals surface area contributed by atoms with Crippen LogP contribution >= 0.6 is 0 Å². The van der Waals surface area contributed by atoms with E-state index in [4.69, 9.17) is 10.5 Å². The summed E-state index contributed by atoms with van der Waals surface area (Å²) in [5, 5.41) is 2.09. The van der Waals surface area contributed by atoms with Crippen LogP contribution in [0.1, 0.15) is 6.42 Å². The molecule has 0 saturated heterocycles. The lowest BCUT2D eigenvalue weighted by Gasteiger charge is -2.12. The molecule has 4 nitrogen and oxygen atoms in total. The minimum atomic E-state index is -1.64. The van der Waals surface area contributed by atoms with Crippen LogP contribution in [0, 0.1) is 17.5 Å². The minimum Gasteiger partial charge on any atom is -0.385 e. The van der Waals surface area contributed by atoms with Gasteiger partial charge in [-0.2, -0.15) is 0 Å². The molecule has 0 bridgehead atoms. The molecule has 0 aromatic heterocycles. The van der Waals surface area contributed by atoms with Crippen LogP contribution in [0.25, 0.3) is 0 Å². The van der Waals surface area contributed by atoms with Gasteiger partial charge >= 0.3 is 0 Å². The van der Waals surface area contributed by atoms with E-state index in [0.717, 1.165) is 6.07 Å². The van der Waals surface area contributed by atoms with Gasteiger partial charge in [0.05, 0.1) is 11.7 Å². The molecule has 0 saturated carbocycles. The van der Waals surface area contributed by atoms with Gasteiger partial charge in [0.2, 0.25) is 5.91 Å². The molecular formula is C11H13F3N2O2. The number of nitrogens with two attached hydrogens (primary N) is 1. The fourth-order valence-corrected chi connectivity index (χ4v) is 1.22. The summed E-state index contributed by atoms with van der Waals surface area (Å²) in [6, 6.07) is 0.723. The van der Waals surface area contributed by atoms with Crippen molar-refractivity contribution in [1.29, 1.82) is 0 Å². The lowest BCUT2D eigenvalue weighted by Crippen LogP contribution is -2.36. The highest BCUT2D eigenvalue weighted by atomic mass is 19.2. The molecule has 1 aromatic rings. The highest BCUT2D eigenvalue weighted by Gasteiger charge is 2.18. The molecule has 0 radical (unpaired) electrons. The molecule has 1 unspecified atom stereocenters. The Hall–Kier alpha value is -1.60. The van der Waals surface area contributed by atoms with Gasteiger partial charge in [-0.3, -0.25) is 4.79 Å². The summed E-state index contributed by atoms with van der Waals surface area (Å²) in [6.45, 7) is 0.259. The van der Waals surface area contributed by atoms with Gasteiger partial charge in [0.1, 0.15) is 0 Å². The number of ether oxygens (including phenoxy) is 1. The predicted octanol–water partition coefficient (Wildman–Crippen LogP) is 1.41. The van der Waals surface area contributed by atoms with Crippen LogP contribution in [-0.4, -0.2) is 25.7 Å². The number of hydrogen-bond acceptors (Lipinski definition) is 3. The van der Waals surface area contributed by atoms with Gasteiger partial charge < -0.3 is 15.8 Å². The Kier molecular flexibility index (Phi) is 5.11. The van der Waals surface area contributed by atoms with E-state index in [1.54, 1.807) is 0 Å². The topological polar surface area (TPSA) is 64.3 Å². The minimum absolute atomic E-state index is 0.230. The van der Waals surface area contributed by atoms with Gasteiger partial charge in [-0.25, -0.2) is 13.2 Å². The van der Waals surface area contributed by atoms with E-state index in [2.05, 4.69) is 5.32 Å². The molecule has 7 heteroatoms. The number of nitrogens with one attached hydrogen (secondary N) is 1. The van der Waals surface area contributed by atoms with Crippen molar-refractivity contribution in [2.45, 2.75) is 12.5 Å². The van der Waals surface area contributed by atoms with E-state index in [1.807, 2.05) is 0 Å². The van der Waals surface area contributed by atoms with Crippen molar-refractivity contribution in [1.82, 2.24) is 0 Å². The summed E-state index contributed by atoms with van der Waals surface area (Å²) in [7, 11) is 1.44. The smallest absolute Gasteiger partial charge is 0.241 e. The zero-order valence-corrected chi connectivity index (χ0v) is 9.67. The van der Waals surface area contributed by atoms with E-state index >= 15 is 0 Å². The second-order valence-electron chi connectivity index (χ2n) is 3.60. The van der Waals surface area contributed by atoms with Gasteiger partial charge in [0.15, 0.2) is 17.5 Å². The van der Waals surface area contributed by atoms with Crippen molar-refractivity contribution in [3.05, 3.63) is 29.6 Å². The fourth-order valence-electron chi connectivity index (χ4n) is 1.22. The first-order valence-electron chi connectivity index (χ1n) is 5.16. The van der Waals surface area contributed by atoms with Gasteiger partial charge in [0, 0.05) is 13.7 Å². The zero-order valence-electron chi connectivity index (χ0n) is 9.67. The Labute approximate surface area is 102 Å². The second kappa shape index (κ2) is 6.36. The zero-order chi connectivity index (χ0) is 13.7. The Morgan fingerprint density at radius 2 is 2.06 bits per heavy atom. The lowest BCUT2D eigenvalue weighted by atomic mass is 10.2. The summed E-state index contributed by atoms with van der Waals surface area (Å²) >= 11 is 0. The third-order valence-corrected chi connectivity index (χ3v) is 2.26. The first-order valence-corrected chi connectivity index (χ1v) is 5.16. The molecule has 3 N–H and O–H groups in total. The number of anilines is 1. The van der Waals surface area contributed by atoms with E-state index < -0.39 is 35.1 Å². The Morgan fingerprint density at radius 1 is 1.39 bits per heavy atom. The number of rotatable bonds is 5. The lowest BCUT2D eigenvalue weighted by molar-refractivity contribution is -0.117. The van der Waals surface area contributed by atoms with E-state index in [9.17, 15) is 18.0 Å². The standard InChI is InChI=1S/C11H13F3N2O2/c1-18-5-4-7(15)11(17)16-8-3-2-6(12)9(13)10(8)14/h2-3,7H,4-5,15H2,1H3,(H,16,17). The summed E-state index contributed by atoms with van der Waals surface area (Å²) in [4.78, 5) is 11.5. The number of amides is 1. The fraction of sp³-hybridized carbons (Fsp3) is 0.364. The molecule has 1 atom stereocenters. The third-order valence-electron chi connectivity index (χ3n) is 2.26. The first-order chi connectivity index (χ1) is 8.47. The molecular weight excluding hydrogens is 249 g/mol. The molecule has 18 heavy (non-hydrogen) atoms. The molecule has 0 aliphatic rings. The van der Waals surface area contributed by atoms with E-state index in [-0.39, 0.29) is 13.0 Å². The Bertz CT molecular complexity index is 441. The van der Waals surface area contributed by atoms with Crippen molar-refractivity contribution < 1.29 is 22.7 Å². The van der Waals surface area contributed by atoms with Crippen LogP contribution in [0.15, 0.2) is 12.1 Å². The molecule has 0 heterocycles. The van der Waals surface area contributed by atoms with Crippen LogP contribution in [0.3, 0.4) is 0 Å². The maximum atomic E-state index is 13.2. The average molecular weight is 262 g/mol. The maximum Gasteiger partial charge on any atom is 0.241 e. The van der Waals surface area contributed by atoms with Crippen LogP contribution < -0.4 is 11.1 Å². The summed E-state index contributed by atoms with van der Waals surface area (Å²) in [6.07, 6.45) is 0.230. The highest BCUT2D eigenvalue weighted by Crippen LogP contribution is 2.19. The van der Waals surface area contributed by atoms with Crippen LogP contribution in [-0.2, 0) is 9.53 Å². The summed E-state index contributed by atoms with van der Waals surface area (Å²) < 4.78 is 43.5. The third kappa shape index (κ3) is 3.44. The highest BCUT2D eigenvalue weighted by molar-refractivity contribution is 5.94. The van der Waals surface area contributed by atoms with Gasteiger partial charge in [0.25, 0.3) is 0 Å². The number of carbonyl (C=O) groups is 1. The second-order valence-corrected chi connectivity index (χ2v) is 3.60. The average Bonchev–Trinajstić information content (AvgIpc) is 2.36. The van der Waals surface area contributed by atoms with Gasteiger partial charge in [-0.05, 0) is 18.6 Å². The molecule has 0 fully saturated rings. The summed E-state index contributed by atoms with van der Waals surface area (Å²) in [5.74, 6) is -5.12. The summed E-state index contributed by atoms with van der Waals surface area (Å²) in [5.41, 5.74) is 5.03. The van der Waals surface area contributed by atoms with Crippen molar-refractivity contribution in [2.75, 3.05) is 19.0 Å². The molecule has 0 aliphatic heterocycles. The molecule has 100 valence electrons. The SMILES string of the molecule is COCCC(N)C(=O)Nc1ccc(F)c(F)c1F. The van der Waals surface area contributed by atoms with Crippen molar-refractivity contribution >= 4 is 11.6 Å². The maximum absolute atomic E-state index is 13.2. The molecule has 1 rings (SSSR count). The number of methoxy groups -OCH3 is 1. The first kappa shape index (κ1) is 14.5. The molecule has 1 aromatic carbocycles. The normalized spacial score (nSPS) is 12.3. The number of halogens is 3. The molecule has 0 aliphatic carbocycles. The van der Waals surface area contributed by atoms with Crippen molar-refractivity contribution in [2.24, 2.45) is 5.73 Å². The van der Waals surface area contributed by atoms with Gasteiger partial charge in [-0.1, -0.05) is 0 Å². The largest absolute Gasteiger partial charge is 0.385 e. The van der Waals surface area contributed by atoms with Crippen LogP contribution in [0.2, 0.25) is 0 Å². The van der Waals surface area contributed by atoms with Crippen molar-refractivity contribution in [3.63, 3.8) is 0 Å². The number of hydrogen-bond donors (Lipinski definition) is 2. The van der Waals surface area contributed by atoms with E-state index in [0.29, 0.717) is 6.07 Å². The molecule has 0 spiro atoms. The van der Waals surface area contributed by atoms with Crippen molar-refractivity contribution in [3.8, 4) is 0 Å². The van der Waals surface area contributed by atoms with Gasteiger partial charge in [-0.15, -0.1) is 0 Å². The number of benzene rings is 1. The Balaban J connectivity index is 2.73.